The zero-order valence-corrected chi connectivity index (χ0v) is 30.9. The summed E-state index contributed by atoms with van der Waals surface area (Å²) in [4.78, 5) is 34.0. The quantitative estimate of drug-likeness (QED) is 0.0467. The smallest absolute Gasteiger partial charge is 0.300 e. The van der Waals surface area contributed by atoms with Crippen LogP contribution < -0.4 is 10.1 Å². The van der Waals surface area contributed by atoms with E-state index in [-0.39, 0.29) is 11.2 Å². The highest BCUT2D eigenvalue weighted by Crippen LogP contribution is 2.29. The number of fused-ring (bicyclic) bond motifs is 1. The summed E-state index contributed by atoms with van der Waals surface area (Å²) < 4.78 is 11.2. The lowest BCUT2D eigenvalue weighted by atomic mass is 10.1. The minimum absolute atomic E-state index is 0.122. The molecule has 14 nitrogen and oxygen atoms in total. The van der Waals surface area contributed by atoms with Gasteiger partial charge in [-0.25, -0.2) is 4.63 Å². The zero-order chi connectivity index (χ0) is 38.4. The molecule has 0 spiro atoms. The number of anilines is 1. The minimum Gasteiger partial charge on any atom is -0.494 e. The van der Waals surface area contributed by atoms with Crippen molar-refractivity contribution in [2.45, 2.75) is 52.1 Å². The van der Waals surface area contributed by atoms with Crippen molar-refractivity contribution in [3.8, 4) is 5.75 Å². The third-order valence-corrected chi connectivity index (χ3v) is 9.03. The number of non-ortho nitro benzene ring substituents is 1. The molecule has 0 fully saturated rings. The highest BCUT2D eigenvalue weighted by atomic mass is 16.6. The molecule has 0 amide bonds. The van der Waals surface area contributed by atoms with E-state index in [0.29, 0.717) is 63.6 Å². The summed E-state index contributed by atoms with van der Waals surface area (Å²) in [6, 6.07) is 33.5. The van der Waals surface area contributed by atoms with Crippen LogP contribution in [0.15, 0.2) is 133 Å². The number of hydrogen-bond acceptors (Lipinski definition) is 13. The molecule has 0 radical (unpaired) electrons. The predicted molar refractivity (Wildman–Crippen MR) is 211 cm³/mol. The fourth-order valence-electron chi connectivity index (χ4n) is 6.51. The van der Waals surface area contributed by atoms with E-state index in [2.05, 4.69) is 63.6 Å². The molecule has 0 bridgehead atoms. The molecule has 0 aliphatic carbocycles. The number of benzene rings is 2. The van der Waals surface area contributed by atoms with Crippen LogP contribution >= 0.6 is 0 Å². The lowest BCUT2D eigenvalue weighted by Gasteiger charge is -2.25. The molecule has 0 saturated carbocycles. The van der Waals surface area contributed by atoms with Crippen LogP contribution in [0.4, 0.5) is 11.4 Å². The van der Waals surface area contributed by atoms with Gasteiger partial charge in [0.25, 0.3) is 0 Å². The second-order valence-electron chi connectivity index (χ2n) is 13.4. The van der Waals surface area contributed by atoms with Gasteiger partial charge in [-0.2, -0.15) is 0 Å². The summed E-state index contributed by atoms with van der Waals surface area (Å²) in [5.74, 6) is 0.794. The van der Waals surface area contributed by atoms with Crippen LogP contribution in [0.3, 0.4) is 0 Å². The highest BCUT2D eigenvalue weighted by Gasteiger charge is 2.19. The number of nitrogens with zero attached hydrogens (tertiary/aromatic N) is 9. The molecule has 0 aliphatic rings. The molecule has 5 aromatic heterocycles. The van der Waals surface area contributed by atoms with Gasteiger partial charge in [-0.1, -0.05) is 30.3 Å². The van der Waals surface area contributed by atoms with E-state index in [9.17, 15) is 10.1 Å². The van der Waals surface area contributed by atoms with Gasteiger partial charge in [0, 0.05) is 76.7 Å². The summed E-state index contributed by atoms with van der Waals surface area (Å²) in [5.41, 5.74) is 7.10. The Hall–Kier alpha value is -6.64. The molecule has 0 saturated heterocycles. The first kappa shape index (κ1) is 37.7. The maximum atomic E-state index is 11.4. The fraction of sp³-hybridized carbons (Fsp3) is 0.238. The van der Waals surface area contributed by atoms with Crippen LogP contribution in [0.1, 0.15) is 46.7 Å². The van der Waals surface area contributed by atoms with Crippen molar-refractivity contribution in [2.24, 2.45) is 0 Å². The number of nitrogens with one attached hydrogen (secondary N) is 1. The Kier molecular flexibility index (Phi) is 12.8. The maximum absolute atomic E-state index is 11.4. The number of nitro groups is 1. The molecular weight excluding hydrogens is 709 g/mol. The summed E-state index contributed by atoms with van der Waals surface area (Å²) in [7, 11) is 0. The van der Waals surface area contributed by atoms with Crippen molar-refractivity contribution < 1.29 is 14.3 Å². The monoisotopic (exact) mass is 750 g/mol. The lowest BCUT2D eigenvalue weighted by molar-refractivity contribution is -0.383. The SMILES string of the molecule is O=[N+]([O-])c1ccc(NCCCCOc2cc(CN(Cc3ccccn3)Cc3ccccn3)cc(CN(Cc3ccccn3)Cc3ccccn3)c2)c2nonc12. The fourth-order valence-corrected chi connectivity index (χ4v) is 6.51. The van der Waals surface area contributed by atoms with Gasteiger partial charge in [-0.3, -0.25) is 39.9 Å². The first-order valence-corrected chi connectivity index (χ1v) is 18.5. The van der Waals surface area contributed by atoms with Crippen molar-refractivity contribution in [3.05, 3.63) is 172 Å². The second-order valence-corrected chi connectivity index (χ2v) is 13.4. The van der Waals surface area contributed by atoms with E-state index in [1.54, 1.807) is 6.07 Å². The molecule has 1 N–H and O–H groups in total. The zero-order valence-electron chi connectivity index (χ0n) is 30.9. The highest BCUT2D eigenvalue weighted by molar-refractivity contribution is 5.93. The van der Waals surface area contributed by atoms with E-state index in [0.717, 1.165) is 52.5 Å². The van der Waals surface area contributed by atoms with E-state index in [1.807, 2.05) is 97.6 Å². The van der Waals surface area contributed by atoms with Gasteiger partial charge in [0.15, 0.2) is 5.52 Å². The first-order chi connectivity index (χ1) is 27.6. The van der Waals surface area contributed by atoms with Gasteiger partial charge < -0.3 is 10.1 Å². The largest absolute Gasteiger partial charge is 0.494 e. The molecule has 56 heavy (non-hydrogen) atoms. The van der Waals surface area contributed by atoms with Crippen molar-refractivity contribution in [2.75, 3.05) is 18.5 Å². The number of rotatable bonds is 20. The average Bonchev–Trinajstić information content (AvgIpc) is 3.71. The Labute approximate surface area is 324 Å². The molecule has 0 unspecified atom stereocenters. The van der Waals surface area contributed by atoms with Crippen molar-refractivity contribution >= 4 is 22.4 Å². The molecule has 14 heteroatoms. The van der Waals surface area contributed by atoms with Crippen LogP contribution in [0, 0.1) is 10.1 Å². The molecule has 7 aromatic rings. The van der Waals surface area contributed by atoms with Crippen molar-refractivity contribution in [1.29, 1.82) is 0 Å². The number of unbranched alkanes of at least 4 members (excludes halogenated alkanes) is 1. The minimum atomic E-state index is -0.495. The number of pyridine rings is 4. The predicted octanol–water partition coefficient (Wildman–Crippen LogP) is 7.39. The normalized spacial score (nSPS) is 11.3. The van der Waals surface area contributed by atoms with Crippen LogP contribution in [-0.2, 0) is 39.3 Å². The molecule has 284 valence electrons. The van der Waals surface area contributed by atoms with Crippen LogP contribution in [0.5, 0.6) is 5.75 Å². The standard InChI is InChI=1S/C42H42N10O4/c53-52(54)40-16-15-39(41-42(40)49-56-48-41)47-21-9-10-22-55-38-24-32(26-50(28-34-11-1-5-17-43-34)29-35-12-2-6-18-44-35)23-33(25-38)27-51(30-36-13-3-7-19-45-36)31-37-14-4-8-20-46-37/h1-8,11-20,23-25,47H,9-10,21-22,26-31H2. The maximum Gasteiger partial charge on any atom is 0.300 e. The molecule has 0 atom stereocenters. The van der Waals surface area contributed by atoms with Crippen LogP contribution in [-0.4, -0.2) is 58.1 Å². The Morgan fingerprint density at radius 1 is 0.607 bits per heavy atom. The Bertz CT molecular complexity index is 2090. The summed E-state index contributed by atoms with van der Waals surface area (Å²) in [6.45, 7) is 5.04. The summed E-state index contributed by atoms with van der Waals surface area (Å²) >= 11 is 0. The number of ether oxygens (including phenoxy) is 1. The second kappa shape index (κ2) is 19.1. The Balaban J connectivity index is 1.08. The van der Waals surface area contributed by atoms with Gasteiger partial charge in [-0.15, -0.1) is 0 Å². The first-order valence-electron chi connectivity index (χ1n) is 18.5. The molecule has 5 heterocycles. The Morgan fingerprint density at radius 2 is 1.11 bits per heavy atom. The topological polar surface area (TPSA) is 161 Å². The van der Waals surface area contributed by atoms with Crippen LogP contribution in [0.2, 0.25) is 0 Å². The summed E-state index contributed by atoms with van der Waals surface area (Å²) in [6.07, 6.45) is 8.87. The van der Waals surface area contributed by atoms with Gasteiger partial charge in [0.05, 0.1) is 40.0 Å². The Morgan fingerprint density at radius 3 is 1.57 bits per heavy atom. The van der Waals surface area contributed by atoms with E-state index in [4.69, 9.17) is 9.37 Å². The lowest BCUT2D eigenvalue weighted by Crippen LogP contribution is -2.25. The molecule has 2 aromatic carbocycles. The van der Waals surface area contributed by atoms with Crippen molar-refractivity contribution in [1.82, 2.24) is 40.0 Å². The van der Waals surface area contributed by atoms with Crippen LogP contribution in [0.25, 0.3) is 11.0 Å². The number of aromatic nitrogens is 6. The van der Waals surface area contributed by atoms with E-state index < -0.39 is 4.92 Å². The van der Waals surface area contributed by atoms with Gasteiger partial charge in [0.2, 0.25) is 5.52 Å². The van der Waals surface area contributed by atoms with Gasteiger partial charge >= 0.3 is 5.69 Å². The van der Waals surface area contributed by atoms with E-state index in [1.165, 1.54) is 6.07 Å². The van der Waals surface area contributed by atoms with E-state index >= 15 is 0 Å². The molecule has 7 rings (SSSR count). The number of nitro benzene ring substituents is 1. The number of hydrogen-bond donors (Lipinski definition) is 1. The van der Waals surface area contributed by atoms with Crippen molar-refractivity contribution in [3.63, 3.8) is 0 Å². The van der Waals surface area contributed by atoms with Gasteiger partial charge in [-0.05, 0) is 101 Å². The molecular formula is C42H42N10O4. The molecule has 0 aliphatic heterocycles. The third kappa shape index (κ3) is 10.7. The van der Waals surface area contributed by atoms with Gasteiger partial charge in [0.1, 0.15) is 5.75 Å². The average molecular weight is 751 g/mol. The summed E-state index contributed by atoms with van der Waals surface area (Å²) in [5, 5.41) is 22.3. The third-order valence-electron chi connectivity index (χ3n) is 9.03.